The lowest BCUT2D eigenvalue weighted by atomic mass is 10.1. The summed E-state index contributed by atoms with van der Waals surface area (Å²) in [4.78, 5) is 14.3. The number of carbonyl (C=O) groups is 1. The van der Waals surface area contributed by atoms with Gasteiger partial charge in [-0.2, -0.15) is 0 Å². The zero-order chi connectivity index (χ0) is 13.0. The molecule has 1 heterocycles. The zero-order valence-corrected chi connectivity index (χ0v) is 11.0. The molecular formula is C15H19NO2. The van der Waals surface area contributed by atoms with E-state index in [0.717, 1.165) is 37.6 Å². The number of nitrogens with zero attached hydrogens (tertiary/aromatic N) is 1. The average Bonchev–Trinajstić information content (AvgIpc) is 2.40. The van der Waals surface area contributed by atoms with E-state index in [1.54, 1.807) is 6.08 Å². The van der Waals surface area contributed by atoms with Gasteiger partial charge in [0.05, 0.1) is 13.2 Å². The lowest BCUT2D eigenvalue weighted by molar-refractivity contribution is 0.0534. The first kappa shape index (κ1) is 12.8. The van der Waals surface area contributed by atoms with Crippen LogP contribution in [0.25, 0.3) is 0 Å². The Morgan fingerprint density at radius 3 is 2.44 bits per heavy atom. The Kier molecular flexibility index (Phi) is 4.15. The topological polar surface area (TPSA) is 29.5 Å². The van der Waals surface area contributed by atoms with E-state index in [1.165, 1.54) is 5.56 Å². The van der Waals surface area contributed by atoms with Crippen LogP contribution >= 0.6 is 0 Å². The van der Waals surface area contributed by atoms with Gasteiger partial charge in [-0.3, -0.25) is 4.79 Å². The molecule has 1 aromatic carbocycles. The summed E-state index contributed by atoms with van der Waals surface area (Å²) in [5.74, 6) is 0.0685. The summed E-state index contributed by atoms with van der Waals surface area (Å²) in [5.41, 5.74) is 2.93. The van der Waals surface area contributed by atoms with E-state index in [-0.39, 0.29) is 5.78 Å². The molecule has 1 aliphatic heterocycles. The van der Waals surface area contributed by atoms with E-state index < -0.39 is 0 Å². The van der Waals surface area contributed by atoms with Crippen LogP contribution in [0.3, 0.4) is 0 Å². The van der Waals surface area contributed by atoms with Crippen LogP contribution in [0.5, 0.6) is 0 Å². The summed E-state index contributed by atoms with van der Waals surface area (Å²) in [6.45, 7) is 7.21. The Morgan fingerprint density at radius 2 is 1.83 bits per heavy atom. The van der Waals surface area contributed by atoms with Crippen LogP contribution < -0.4 is 0 Å². The van der Waals surface area contributed by atoms with Gasteiger partial charge in [0, 0.05) is 30.4 Å². The second kappa shape index (κ2) is 5.83. The maximum absolute atomic E-state index is 12.1. The van der Waals surface area contributed by atoms with Gasteiger partial charge in [-0.1, -0.05) is 29.8 Å². The van der Waals surface area contributed by atoms with Crippen LogP contribution in [-0.4, -0.2) is 37.0 Å². The number of ketones is 1. The molecule has 0 N–H and O–H groups in total. The van der Waals surface area contributed by atoms with Gasteiger partial charge in [-0.25, -0.2) is 0 Å². The number of allylic oxidation sites excluding steroid dienone is 2. The van der Waals surface area contributed by atoms with E-state index >= 15 is 0 Å². The Bertz CT molecular complexity index is 442. The third kappa shape index (κ3) is 3.20. The molecule has 1 aliphatic rings. The van der Waals surface area contributed by atoms with Crippen molar-refractivity contribution < 1.29 is 9.53 Å². The maximum atomic E-state index is 12.1. The summed E-state index contributed by atoms with van der Waals surface area (Å²) in [6.07, 6.45) is 1.72. The summed E-state index contributed by atoms with van der Waals surface area (Å²) in [5, 5.41) is 0. The highest BCUT2D eigenvalue weighted by atomic mass is 16.5. The molecule has 3 heteroatoms. The van der Waals surface area contributed by atoms with Crippen molar-refractivity contribution >= 4 is 5.78 Å². The molecule has 0 saturated carbocycles. The molecule has 1 saturated heterocycles. The third-order valence-corrected chi connectivity index (χ3v) is 3.19. The third-order valence-electron chi connectivity index (χ3n) is 3.19. The predicted octanol–water partition coefficient (Wildman–Crippen LogP) is 2.41. The highest BCUT2D eigenvalue weighted by Gasteiger charge is 2.12. The van der Waals surface area contributed by atoms with Crippen molar-refractivity contribution in [2.45, 2.75) is 13.8 Å². The number of benzene rings is 1. The lowest BCUT2D eigenvalue weighted by Crippen LogP contribution is -2.35. The van der Waals surface area contributed by atoms with E-state index in [4.69, 9.17) is 4.74 Å². The monoisotopic (exact) mass is 245 g/mol. The molecule has 1 fully saturated rings. The van der Waals surface area contributed by atoms with Gasteiger partial charge >= 0.3 is 0 Å². The first-order chi connectivity index (χ1) is 8.66. The molecule has 2 rings (SSSR count). The van der Waals surface area contributed by atoms with Crippen molar-refractivity contribution in [1.82, 2.24) is 4.90 Å². The van der Waals surface area contributed by atoms with Crippen molar-refractivity contribution in [3.63, 3.8) is 0 Å². The Morgan fingerprint density at radius 1 is 1.22 bits per heavy atom. The normalized spacial score (nSPS) is 16.8. The number of rotatable bonds is 3. The van der Waals surface area contributed by atoms with E-state index in [9.17, 15) is 4.79 Å². The number of carbonyl (C=O) groups excluding carboxylic acids is 1. The molecule has 0 radical (unpaired) electrons. The van der Waals surface area contributed by atoms with Gasteiger partial charge in [-0.15, -0.1) is 0 Å². The van der Waals surface area contributed by atoms with E-state index in [1.807, 2.05) is 38.1 Å². The SMILES string of the molecule is CC(=CC(=O)c1ccc(C)cc1)N1CCOCC1. The average molecular weight is 245 g/mol. The molecule has 0 aromatic heterocycles. The minimum Gasteiger partial charge on any atom is -0.378 e. The van der Waals surface area contributed by atoms with Gasteiger partial charge in [0.1, 0.15) is 0 Å². The molecule has 3 nitrogen and oxygen atoms in total. The van der Waals surface area contributed by atoms with Gasteiger partial charge in [-0.05, 0) is 13.8 Å². The Hall–Kier alpha value is -1.61. The summed E-state index contributed by atoms with van der Waals surface area (Å²) in [6, 6.07) is 7.68. The van der Waals surface area contributed by atoms with Crippen molar-refractivity contribution in [2.75, 3.05) is 26.3 Å². The summed E-state index contributed by atoms with van der Waals surface area (Å²) < 4.78 is 5.30. The lowest BCUT2D eigenvalue weighted by Gasteiger charge is -2.29. The quantitative estimate of drug-likeness (QED) is 0.605. The van der Waals surface area contributed by atoms with Crippen LogP contribution in [0.4, 0.5) is 0 Å². The van der Waals surface area contributed by atoms with E-state index in [2.05, 4.69) is 4.90 Å². The van der Waals surface area contributed by atoms with Crippen molar-refractivity contribution in [3.05, 3.63) is 47.2 Å². The summed E-state index contributed by atoms with van der Waals surface area (Å²) in [7, 11) is 0. The Balaban J connectivity index is 2.06. The van der Waals surface area contributed by atoms with Gasteiger partial charge in [0.2, 0.25) is 0 Å². The minimum absolute atomic E-state index is 0.0685. The van der Waals surface area contributed by atoms with Crippen molar-refractivity contribution in [3.8, 4) is 0 Å². The largest absolute Gasteiger partial charge is 0.378 e. The fraction of sp³-hybridized carbons (Fsp3) is 0.400. The maximum Gasteiger partial charge on any atom is 0.187 e. The van der Waals surface area contributed by atoms with Gasteiger partial charge in [0.25, 0.3) is 0 Å². The highest BCUT2D eigenvalue weighted by Crippen LogP contribution is 2.10. The van der Waals surface area contributed by atoms with Crippen LogP contribution in [0.2, 0.25) is 0 Å². The van der Waals surface area contributed by atoms with Crippen LogP contribution in [0.1, 0.15) is 22.8 Å². The first-order valence-corrected chi connectivity index (χ1v) is 6.29. The number of hydrogen-bond acceptors (Lipinski definition) is 3. The molecule has 18 heavy (non-hydrogen) atoms. The Labute approximate surface area is 108 Å². The zero-order valence-electron chi connectivity index (χ0n) is 11.0. The number of ether oxygens (including phenoxy) is 1. The standard InChI is InChI=1S/C15H19NO2/c1-12-3-5-14(6-4-12)15(17)11-13(2)16-7-9-18-10-8-16/h3-6,11H,7-10H2,1-2H3. The van der Waals surface area contributed by atoms with Crippen LogP contribution in [0.15, 0.2) is 36.0 Å². The molecule has 0 atom stereocenters. The second-order valence-electron chi connectivity index (χ2n) is 4.62. The smallest absolute Gasteiger partial charge is 0.187 e. The second-order valence-corrected chi connectivity index (χ2v) is 4.62. The highest BCUT2D eigenvalue weighted by molar-refractivity contribution is 6.04. The molecular weight excluding hydrogens is 226 g/mol. The summed E-state index contributed by atoms with van der Waals surface area (Å²) >= 11 is 0. The van der Waals surface area contributed by atoms with Gasteiger partial charge in [0.15, 0.2) is 5.78 Å². The molecule has 0 spiro atoms. The van der Waals surface area contributed by atoms with Crippen molar-refractivity contribution in [1.29, 1.82) is 0 Å². The van der Waals surface area contributed by atoms with Crippen LogP contribution in [0, 0.1) is 6.92 Å². The number of aryl methyl sites for hydroxylation is 1. The van der Waals surface area contributed by atoms with Gasteiger partial charge < -0.3 is 9.64 Å². The predicted molar refractivity (Wildman–Crippen MR) is 71.7 cm³/mol. The van der Waals surface area contributed by atoms with Crippen LogP contribution in [-0.2, 0) is 4.74 Å². The molecule has 0 bridgehead atoms. The fourth-order valence-electron chi connectivity index (χ4n) is 2.00. The first-order valence-electron chi connectivity index (χ1n) is 6.29. The van der Waals surface area contributed by atoms with Crippen molar-refractivity contribution in [2.24, 2.45) is 0 Å². The number of hydrogen-bond donors (Lipinski definition) is 0. The van der Waals surface area contributed by atoms with E-state index in [0.29, 0.717) is 0 Å². The minimum atomic E-state index is 0.0685. The molecule has 1 aromatic rings. The molecule has 96 valence electrons. The molecule has 0 aliphatic carbocycles. The number of morpholine rings is 1. The molecule has 0 unspecified atom stereocenters. The molecule has 0 amide bonds. The fourth-order valence-corrected chi connectivity index (χ4v) is 2.00.